The van der Waals surface area contributed by atoms with Gasteiger partial charge in [0.2, 0.25) is 0 Å². The SMILES string of the molecule is CNC(=O)COC(=O)c1[nH+]c(Cl)c(Cl)c(N)c1Cl. The zero-order valence-electron chi connectivity index (χ0n) is 9.14. The molecule has 1 heterocycles. The number of nitrogens with one attached hydrogen (secondary N) is 2. The number of pyridine rings is 1. The molecule has 0 spiro atoms. The Morgan fingerprint density at radius 2 is 1.94 bits per heavy atom. The monoisotopic (exact) mass is 312 g/mol. The minimum Gasteiger partial charge on any atom is -0.448 e. The summed E-state index contributed by atoms with van der Waals surface area (Å²) in [5.74, 6) is -1.33. The maximum Gasteiger partial charge on any atom is 0.405 e. The molecule has 0 atom stereocenters. The van der Waals surface area contributed by atoms with Gasteiger partial charge in [-0.3, -0.25) is 4.79 Å². The van der Waals surface area contributed by atoms with Crippen molar-refractivity contribution in [2.45, 2.75) is 0 Å². The second-order valence-corrected chi connectivity index (χ2v) is 4.24. The zero-order valence-corrected chi connectivity index (χ0v) is 11.4. The minimum absolute atomic E-state index is 0.00418. The van der Waals surface area contributed by atoms with E-state index in [4.69, 9.17) is 40.5 Å². The van der Waals surface area contributed by atoms with E-state index in [-0.39, 0.29) is 26.6 Å². The van der Waals surface area contributed by atoms with Gasteiger partial charge in [-0.2, -0.15) is 4.98 Å². The van der Waals surface area contributed by atoms with E-state index in [9.17, 15) is 9.59 Å². The van der Waals surface area contributed by atoms with Crippen LogP contribution in [-0.2, 0) is 9.53 Å². The van der Waals surface area contributed by atoms with E-state index in [2.05, 4.69) is 15.0 Å². The first-order valence-electron chi connectivity index (χ1n) is 4.61. The summed E-state index contributed by atoms with van der Waals surface area (Å²) in [4.78, 5) is 25.0. The van der Waals surface area contributed by atoms with Crippen LogP contribution in [0.1, 0.15) is 10.5 Å². The summed E-state index contributed by atoms with van der Waals surface area (Å²) < 4.78 is 4.69. The van der Waals surface area contributed by atoms with Crippen molar-refractivity contribution in [2.24, 2.45) is 0 Å². The van der Waals surface area contributed by atoms with Crippen molar-refractivity contribution >= 4 is 52.4 Å². The van der Waals surface area contributed by atoms with Gasteiger partial charge in [-0.1, -0.05) is 23.2 Å². The number of hydrogen-bond donors (Lipinski definition) is 2. The highest BCUT2D eigenvalue weighted by Crippen LogP contribution is 2.32. The molecule has 0 saturated carbocycles. The standard InChI is InChI=1S/C9H8Cl3N3O3/c1-14-3(16)2-18-9(17)7-4(10)6(13)5(11)8(12)15-7/h2H2,1H3,(H2,13,15)(H,14,16)/p+1. The lowest BCUT2D eigenvalue weighted by Crippen LogP contribution is -2.28. The number of amides is 1. The molecule has 0 fully saturated rings. The number of nitrogen functional groups attached to an aromatic ring is 1. The highest BCUT2D eigenvalue weighted by Gasteiger charge is 2.27. The molecular formula is C9H9Cl3N3O3+. The summed E-state index contributed by atoms with van der Waals surface area (Å²) in [7, 11) is 1.41. The molecule has 4 N–H and O–H groups in total. The molecular weight excluding hydrogens is 304 g/mol. The van der Waals surface area contributed by atoms with Crippen molar-refractivity contribution in [3.05, 3.63) is 20.9 Å². The molecule has 0 unspecified atom stereocenters. The second-order valence-electron chi connectivity index (χ2n) is 3.10. The molecule has 0 bridgehead atoms. The third-order valence-corrected chi connectivity index (χ3v) is 3.10. The summed E-state index contributed by atoms with van der Waals surface area (Å²) in [6.07, 6.45) is 0. The van der Waals surface area contributed by atoms with Crippen LogP contribution < -0.4 is 16.0 Å². The number of carbonyl (C=O) groups excluding carboxylic acids is 2. The number of aromatic nitrogens is 1. The Labute approximate surface area is 117 Å². The summed E-state index contributed by atoms with van der Waals surface area (Å²) in [6, 6.07) is 0. The molecule has 1 aromatic rings. The van der Waals surface area contributed by atoms with Crippen molar-refractivity contribution in [2.75, 3.05) is 19.4 Å². The number of hydrogen-bond acceptors (Lipinski definition) is 4. The van der Waals surface area contributed by atoms with E-state index < -0.39 is 18.5 Å². The Balaban J connectivity index is 2.97. The number of nitrogens with two attached hydrogens (primary N) is 1. The molecule has 0 aliphatic rings. The first kappa shape index (κ1) is 14.8. The van der Waals surface area contributed by atoms with E-state index >= 15 is 0 Å². The van der Waals surface area contributed by atoms with Gasteiger partial charge in [0, 0.05) is 7.05 Å². The highest BCUT2D eigenvalue weighted by molar-refractivity contribution is 6.45. The van der Waals surface area contributed by atoms with Gasteiger partial charge in [-0.25, -0.2) is 4.79 Å². The summed E-state index contributed by atoms with van der Waals surface area (Å²) in [5, 5.41) is 2.12. The van der Waals surface area contributed by atoms with Crippen LogP contribution in [0.2, 0.25) is 15.2 Å². The van der Waals surface area contributed by atoms with Crippen molar-refractivity contribution in [1.82, 2.24) is 5.32 Å². The Bertz CT molecular complexity index is 508. The van der Waals surface area contributed by atoms with E-state index in [1.54, 1.807) is 0 Å². The largest absolute Gasteiger partial charge is 0.448 e. The topological polar surface area (TPSA) is 95.6 Å². The lowest BCUT2D eigenvalue weighted by Gasteiger charge is -2.04. The van der Waals surface area contributed by atoms with Crippen molar-refractivity contribution in [3.8, 4) is 0 Å². The maximum absolute atomic E-state index is 11.6. The quantitative estimate of drug-likeness (QED) is 0.641. The minimum atomic E-state index is -0.867. The van der Waals surface area contributed by atoms with Crippen molar-refractivity contribution in [1.29, 1.82) is 0 Å². The molecule has 1 amide bonds. The third kappa shape index (κ3) is 3.16. The van der Waals surface area contributed by atoms with Crippen LogP contribution >= 0.6 is 34.8 Å². The first-order valence-corrected chi connectivity index (χ1v) is 5.74. The van der Waals surface area contributed by atoms with E-state index in [0.29, 0.717) is 0 Å². The predicted molar refractivity (Wildman–Crippen MR) is 66.8 cm³/mol. The van der Waals surface area contributed by atoms with Gasteiger partial charge in [-0.15, -0.1) is 0 Å². The number of H-pyrrole nitrogens is 1. The summed E-state index contributed by atoms with van der Waals surface area (Å²) in [6.45, 7) is -0.445. The van der Waals surface area contributed by atoms with E-state index in [0.717, 1.165) is 0 Å². The summed E-state index contributed by atoms with van der Waals surface area (Å²) in [5.41, 5.74) is 5.33. The predicted octanol–water partition coefficient (Wildman–Crippen LogP) is 0.946. The molecule has 0 saturated heterocycles. The number of likely N-dealkylation sites (N-methyl/N-ethyl adjacent to an activating group) is 1. The lowest BCUT2D eigenvalue weighted by molar-refractivity contribution is -0.380. The number of carbonyl (C=O) groups is 2. The maximum atomic E-state index is 11.6. The summed E-state index contributed by atoms with van der Waals surface area (Å²) >= 11 is 17.2. The van der Waals surface area contributed by atoms with Crippen LogP contribution in [0.4, 0.5) is 5.69 Å². The molecule has 0 aliphatic carbocycles. The van der Waals surface area contributed by atoms with Crippen LogP contribution in [0.5, 0.6) is 0 Å². The molecule has 1 rings (SSSR count). The normalized spacial score (nSPS) is 10.0. The van der Waals surface area contributed by atoms with E-state index in [1.807, 2.05) is 0 Å². The van der Waals surface area contributed by atoms with Gasteiger partial charge >= 0.3 is 11.7 Å². The molecule has 98 valence electrons. The average Bonchev–Trinajstić information content (AvgIpc) is 2.37. The second kappa shape index (κ2) is 6.08. The van der Waals surface area contributed by atoms with Crippen LogP contribution in [0.25, 0.3) is 0 Å². The number of ether oxygens (including phenoxy) is 1. The van der Waals surface area contributed by atoms with Crippen LogP contribution in [-0.4, -0.2) is 25.5 Å². The number of aromatic amines is 1. The number of esters is 1. The Hall–Kier alpha value is -1.24. The Morgan fingerprint density at radius 1 is 1.33 bits per heavy atom. The van der Waals surface area contributed by atoms with Gasteiger partial charge in [0.25, 0.3) is 11.1 Å². The molecule has 9 heteroatoms. The fourth-order valence-electron chi connectivity index (χ4n) is 0.985. The molecule has 1 aromatic heterocycles. The van der Waals surface area contributed by atoms with Crippen LogP contribution in [0, 0.1) is 0 Å². The van der Waals surface area contributed by atoms with Gasteiger partial charge in [-0.05, 0) is 11.6 Å². The Kier molecular flexibility index (Phi) is 5.01. The highest BCUT2D eigenvalue weighted by atomic mass is 35.5. The third-order valence-electron chi connectivity index (χ3n) is 1.94. The number of halogens is 3. The number of rotatable bonds is 3. The molecule has 0 radical (unpaired) electrons. The Morgan fingerprint density at radius 3 is 2.50 bits per heavy atom. The molecule has 6 nitrogen and oxygen atoms in total. The lowest BCUT2D eigenvalue weighted by atomic mass is 10.3. The smallest absolute Gasteiger partial charge is 0.405 e. The molecule has 18 heavy (non-hydrogen) atoms. The number of anilines is 1. The van der Waals surface area contributed by atoms with Gasteiger partial charge < -0.3 is 15.8 Å². The van der Waals surface area contributed by atoms with Gasteiger partial charge in [0.1, 0.15) is 10.0 Å². The molecule has 0 aliphatic heterocycles. The van der Waals surface area contributed by atoms with Crippen molar-refractivity contribution < 1.29 is 19.3 Å². The fourth-order valence-corrected chi connectivity index (χ4v) is 1.59. The first-order chi connectivity index (χ1) is 8.38. The van der Waals surface area contributed by atoms with E-state index in [1.165, 1.54) is 7.05 Å². The fraction of sp³-hybridized carbons (Fsp3) is 0.222. The molecule has 0 aromatic carbocycles. The van der Waals surface area contributed by atoms with Crippen molar-refractivity contribution in [3.63, 3.8) is 0 Å². The average molecular weight is 314 g/mol. The van der Waals surface area contributed by atoms with Crippen LogP contribution in [0.15, 0.2) is 0 Å². The van der Waals surface area contributed by atoms with Gasteiger partial charge in [0.05, 0.1) is 5.69 Å². The zero-order chi connectivity index (χ0) is 13.9. The van der Waals surface area contributed by atoms with Crippen LogP contribution in [0.3, 0.4) is 0 Å². The van der Waals surface area contributed by atoms with Gasteiger partial charge in [0.15, 0.2) is 6.61 Å².